The number of carbonyl (C=O) groups excluding carboxylic acids is 1. The van der Waals surface area contributed by atoms with E-state index in [-0.39, 0.29) is 5.97 Å². The van der Waals surface area contributed by atoms with Crippen molar-refractivity contribution in [1.29, 1.82) is 0 Å². The first kappa shape index (κ1) is 14.7. The van der Waals surface area contributed by atoms with E-state index in [0.29, 0.717) is 6.42 Å². The highest BCUT2D eigenvalue weighted by molar-refractivity contribution is 5.69. The third kappa shape index (κ3) is 4.88. The molecule has 0 aliphatic heterocycles. The van der Waals surface area contributed by atoms with Crippen LogP contribution in [0.15, 0.2) is 18.2 Å². The first-order valence-corrected chi connectivity index (χ1v) is 6.34. The molecule has 100 valence electrons. The van der Waals surface area contributed by atoms with Crippen molar-refractivity contribution in [3.05, 3.63) is 34.9 Å². The van der Waals surface area contributed by atoms with Gasteiger partial charge in [-0.3, -0.25) is 4.79 Å². The molecule has 0 radical (unpaired) electrons. The Kier molecular flexibility index (Phi) is 5.86. The lowest BCUT2D eigenvalue weighted by molar-refractivity contribution is -0.140. The molecule has 0 saturated heterocycles. The SMILES string of the molecule is COC(=O)CCN(C)CCc1cc(C)ccc1C. The average molecular weight is 249 g/mol. The molecule has 3 heteroatoms. The molecule has 0 amide bonds. The molecular formula is C15H23NO2. The van der Waals surface area contributed by atoms with Crippen molar-refractivity contribution in [2.75, 3.05) is 27.2 Å². The minimum absolute atomic E-state index is 0.145. The fraction of sp³-hybridized carbons (Fsp3) is 0.533. The van der Waals surface area contributed by atoms with Gasteiger partial charge < -0.3 is 9.64 Å². The third-order valence-electron chi connectivity index (χ3n) is 3.19. The van der Waals surface area contributed by atoms with Crippen LogP contribution in [0.5, 0.6) is 0 Å². The quantitative estimate of drug-likeness (QED) is 0.725. The van der Waals surface area contributed by atoms with Crippen LogP contribution < -0.4 is 0 Å². The van der Waals surface area contributed by atoms with E-state index in [9.17, 15) is 4.79 Å². The number of ether oxygens (including phenoxy) is 1. The van der Waals surface area contributed by atoms with Gasteiger partial charge in [0.05, 0.1) is 13.5 Å². The van der Waals surface area contributed by atoms with E-state index in [0.717, 1.165) is 19.5 Å². The largest absolute Gasteiger partial charge is 0.469 e. The lowest BCUT2D eigenvalue weighted by atomic mass is 10.0. The predicted molar refractivity (Wildman–Crippen MR) is 73.8 cm³/mol. The summed E-state index contributed by atoms with van der Waals surface area (Å²) < 4.78 is 4.63. The number of hydrogen-bond donors (Lipinski definition) is 0. The Hall–Kier alpha value is -1.35. The van der Waals surface area contributed by atoms with Crippen molar-refractivity contribution in [3.8, 4) is 0 Å². The first-order chi connectivity index (χ1) is 8.52. The Morgan fingerprint density at radius 2 is 2.00 bits per heavy atom. The minimum Gasteiger partial charge on any atom is -0.469 e. The second kappa shape index (κ2) is 7.17. The van der Waals surface area contributed by atoms with Crippen LogP contribution in [-0.2, 0) is 16.0 Å². The zero-order valence-electron chi connectivity index (χ0n) is 11.8. The van der Waals surface area contributed by atoms with Crippen LogP contribution in [0.2, 0.25) is 0 Å². The third-order valence-corrected chi connectivity index (χ3v) is 3.19. The highest BCUT2D eigenvalue weighted by Crippen LogP contribution is 2.11. The number of rotatable bonds is 6. The number of aryl methyl sites for hydroxylation is 2. The van der Waals surface area contributed by atoms with E-state index < -0.39 is 0 Å². The molecule has 3 nitrogen and oxygen atoms in total. The molecule has 1 rings (SSSR count). The standard InChI is InChI=1S/C15H23NO2/c1-12-5-6-13(2)14(11-12)7-9-16(3)10-8-15(17)18-4/h5-6,11H,7-10H2,1-4H3. The van der Waals surface area contributed by atoms with Gasteiger partial charge in [0.2, 0.25) is 0 Å². The molecule has 1 aromatic carbocycles. The van der Waals surface area contributed by atoms with Gasteiger partial charge in [-0.15, -0.1) is 0 Å². The molecule has 0 aliphatic carbocycles. The highest BCUT2D eigenvalue weighted by Gasteiger charge is 2.05. The van der Waals surface area contributed by atoms with Crippen molar-refractivity contribution >= 4 is 5.97 Å². The summed E-state index contributed by atoms with van der Waals surface area (Å²) in [5.41, 5.74) is 4.02. The van der Waals surface area contributed by atoms with Crippen molar-refractivity contribution in [1.82, 2.24) is 4.90 Å². The molecular weight excluding hydrogens is 226 g/mol. The second-order valence-electron chi connectivity index (χ2n) is 4.81. The normalized spacial score (nSPS) is 10.7. The van der Waals surface area contributed by atoms with Gasteiger partial charge in [0.15, 0.2) is 0 Å². The number of likely N-dealkylation sites (N-methyl/N-ethyl adjacent to an activating group) is 1. The number of hydrogen-bond acceptors (Lipinski definition) is 3. The number of nitrogens with zero attached hydrogens (tertiary/aromatic N) is 1. The summed E-state index contributed by atoms with van der Waals surface area (Å²) in [5.74, 6) is -0.145. The van der Waals surface area contributed by atoms with E-state index in [2.05, 4.69) is 41.7 Å². The summed E-state index contributed by atoms with van der Waals surface area (Å²) in [7, 11) is 3.46. The van der Waals surface area contributed by atoms with Crippen molar-refractivity contribution < 1.29 is 9.53 Å². The summed E-state index contributed by atoms with van der Waals surface area (Å²) in [6, 6.07) is 6.54. The second-order valence-corrected chi connectivity index (χ2v) is 4.81. The van der Waals surface area contributed by atoms with Gasteiger partial charge in [0, 0.05) is 13.1 Å². The monoisotopic (exact) mass is 249 g/mol. The fourth-order valence-corrected chi connectivity index (χ4v) is 1.88. The maximum absolute atomic E-state index is 11.0. The number of esters is 1. The summed E-state index contributed by atoms with van der Waals surface area (Å²) >= 11 is 0. The van der Waals surface area contributed by atoms with E-state index in [4.69, 9.17) is 0 Å². The van der Waals surface area contributed by atoms with Crippen LogP contribution in [0, 0.1) is 13.8 Å². The van der Waals surface area contributed by atoms with Gasteiger partial charge in [-0.05, 0) is 38.4 Å². The summed E-state index contributed by atoms with van der Waals surface area (Å²) in [6.07, 6.45) is 1.48. The minimum atomic E-state index is -0.145. The zero-order chi connectivity index (χ0) is 13.5. The van der Waals surface area contributed by atoms with Gasteiger partial charge >= 0.3 is 5.97 Å². The molecule has 0 bridgehead atoms. The Bertz CT molecular complexity index is 401. The van der Waals surface area contributed by atoms with Crippen LogP contribution >= 0.6 is 0 Å². The Morgan fingerprint density at radius 3 is 2.67 bits per heavy atom. The van der Waals surface area contributed by atoms with Crippen LogP contribution in [0.4, 0.5) is 0 Å². The Morgan fingerprint density at radius 1 is 1.28 bits per heavy atom. The lowest BCUT2D eigenvalue weighted by Crippen LogP contribution is -2.24. The maximum Gasteiger partial charge on any atom is 0.306 e. The van der Waals surface area contributed by atoms with Gasteiger partial charge in [0.1, 0.15) is 0 Å². The Labute approximate surface area is 110 Å². The van der Waals surface area contributed by atoms with E-state index in [1.54, 1.807) is 0 Å². The number of carbonyl (C=O) groups is 1. The molecule has 0 heterocycles. The predicted octanol–water partition coefficient (Wildman–Crippen LogP) is 2.34. The number of methoxy groups -OCH3 is 1. The molecule has 1 aromatic rings. The van der Waals surface area contributed by atoms with Gasteiger partial charge in [0.25, 0.3) is 0 Å². The average Bonchev–Trinajstić information content (AvgIpc) is 2.36. The summed E-state index contributed by atoms with van der Waals surface area (Å²) in [5, 5.41) is 0. The molecule has 0 N–H and O–H groups in total. The van der Waals surface area contributed by atoms with Crippen LogP contribution in [0.1, 0.15) is 23.1 Å². The first-order valence-electron chi connectivity index (χ1n) is 6.34. The molecule has 0 fully saturated rings. The molecule has 0 spiro atoms. The molecule has 0 saturated carbocycles. The van der Waals surface area contributed by atoms with E-state index in [1.807, 2.05) is 7.05 Å². The van der Waals surface area contributed by atoms with Gasteiger partial charge in [-0.1, -0.05) is 23.8 Å². The van der Waals surface area contributed by atoms with E-state index >= 15 is 0 Å². The summed E-state index contributed by atoms with van der Waals surface area (Å²) in [4.78, 5) is 13.2. The van der Waals surface area contributed by atoms with Crippen molar-refractivity contribution in [3.63, 3.8) is 0 Å². The molecule has 18 heavy (non-hydrogen) atoms. The fourth-order valence-electron chi connectivity index (χ4n) is 1.88. The lowest BCUT2D eigenvalue weighted by Gasteiger charge is -2.16. The topological polar surface area (TPSA) is 29.5 Å². The van der Waals surface area contributed by atoms with Crippen LogP contribution in [0.3, 0.4) is 0 Å². The van der Waals surface area contributed by atoms with E-state index in [1.165, 1.54) is 23.8 Å². The highest BCUT2D eigenvalue weighted by atomic mass is 16.5. The van der Waals surface area contributed by atoms with Crippen LogP contribution in [0.25, 0.3) is 0 Å². The van der Waals surface area contributed by atoms with Crippen LogP contribution in [-0.4, -0.2) is 38.1 Å². The van der Waals surface area contributed by atoms with Crippen molar-refractivity contribution in [2.24, 2.45) is 0 Å². The zero-order valence-corrected chi connectivity index (χ0v) is 11.8. The maximum atomic E-state index is 11.0. The van der Waals surface area contributed by atoms with Gasteiger partial charge in [-0.2, -0.15) is 0 Å². The Balaban J connectivity index is 2.40. The molecule has 0 aromatic heterocycles. The van der Waals surface area contributed by atoms with Crippen molar-refractivity contribution in [2.45, 2.75) is 26.7 Å². The molecule has 0 atom stereocenters. The molecule has 0 aliphatic rings. The smallest absolute Gasteiger partial charge is 0.306 e. The van der Waals surface area contributed by atoms with Gasteiger partial charge in [-0.25, -0.2) is 0 Å². The summed E-state index contributed by atoms with van der Waals surface area (Å²) in [6.45, 7) is 5.96. The molecule has 0 unspecified atom stereocenters. The number of benzene rings is 1.